The number of aromatic nitrogens is 1. The molecule has 0 atom stereocenters. The van der Waals surface area contributed by atoms with Gasteiger partial charge in [0.15, 0.2) is 5.69 Å². The Morgan fingerprint density at radius 2 is 2.00 bits per heavy atom. The summed E-state index contributed by atoms with van der Waals surface area (Å²) in [4.78, 5) is 15.5. The highest BCUT2D eigenvalue weighted by Crippen LogP contribution is 2.27. The fourth-order valence-corrected chi connectivity index (χ4v) is 2.00. The van der Waals surface area contributed by atoms with Crippen molar-refractivity contribution in [2.75, 3.05) is 7.11 Å². The van der Waals surface area contributed by atoms with Crippen LogP contribution in [-0.4, -0.2) is 18.1 Å². The van der Waals surface area contributed by atoms with Crippen molar-refractivity contribution in [3.05, 3.63) is 40.2 Å². The fourth-order valence-electron chi connectivity index (χ4n) is 1.75. The number of aryl methyl sites for hydroxylation is 2. The van der Waals surface area contributed by atoms with E-state index >= 15 is 0 Å². The van der Waals surface area contributed by atoms with Crippen molar-refractivity contribution in [2.45, 2.75) is 13.8 Å². The van der Waals surface area contributed by atoms with Crippen molar-refractivity contribution in [1.29, 1.82) is 0 Å². The molecule has 0 radical (unpaired) electrons. The number of fused-ring (bicyclic) bond motifs is 1. The molecule has 1 aromatic carbocycles. The van der Waals surface area contributed by atoms with Crippen molar-refractivity contribution in [3.63, 3.8) is 0 Å². The molecule has 17 heavy (non-hydrogen) atoms. The van der Waals surface area contributed by atoms with Gasteiger partial charge in [-0.05, 0) is 36.4 Å². The first kappa shape index (κ1) is 11.9. The van der Waals surface area contributed by atoms with Gasteiger partial charge >= 0.3 is 5.97 Å². The third-order valence-electron chi connectivity index (χ3n) is 2.90. The van der Waals surface area contributed by atoms with Crippen LogP contribution in [0.5, 0.6) is 0 Å². The zero-order valence-corrected chi connectivity index (χ0v) is 10.6. The van der Waals surface area contributed by atoms with Crippen LogP contribution in [0.2, 0.25) is 5.15 Å². The van der Waals surface area contributed by atoms with Crippen molar-refractivity contribution in [1.82, 2.24) is 4.98 Å². The molecular formula is C13H12ClNO2. The highest BCUT2D eigenvalue weighted by atomic mass is 35.5. The molecule has 4 heteroatoms. The summed E-state index contributed by atoms with van der Waals surface area (Å²) < 4.78 is 4.65. The number of methoxy groups -OCH3 is 1. The lowest BCUT2D eigenvalue weighted by Gasteiger charge is -2.08. The Bertz CT molecular complexity index is 608. The number of ether oxygens (including phenoxy) is 1. The Hall–Kier alpha value is -1.61. The van der Waals surface area contributed by atoms with Gasteiger partial charge in [-0.25, -0.2) is 9.78 Å². The summed E-state index contributed by atoms with van der Waals surface area (Å²) in [5, 5.41) is 2.11. The molecule has 0 amide bonds. The van der Waals surface area contributed by atoms with Crippen LogP contribution in [0.1, 0.15) is 21.6 Å². The maximum absolute atomic E-state index is 11.5. The summed E-state index contributed by atoms with van der Waals surface area (Å²) in [6.45, 7) is 4.01. The molecule has 0 bridgehead atoms. The van der Waals surface area contributed by atoms with Gasteiger partial charge in [0.1, 0.15) is 5.15 Å². The van der Waals surface area contributed by atoms with E-state index in [-0.39, 0.29) is 5.69 Å². The predicted octanol–water partition coefficient (Wildman–Crippen LogP) is 3.29. The minimum atomic E-state index is -0.477. The number of halogens is 1. The second kappa shape index (κ2) is 4.34. The lowest BCUT2D eigenvalue weighted by Crippen LogP contribution is -2.04. The van der Waals surface area contributed by atoms with E-state index < -0.39 is 5.97 Å². The van der Waals surface area contributed by atoms with Crippen LogP contribution in [-0.2, 0) is 4.74 Å². The van der Waals surface area contributed by atoms with Crippen molar-refractivity contribution >= 4 is 28.3 Å². The number of esters is 1. The Balaban J connectivity index is 2.79. The molecule has 3 nitrogen and oxygen atoms in total. The third-order valence-corrected chi connectivity index (χ3v) is 3.19. The standard InChI is InChI=1S/C13H12ClNO2/c1-7-4-5-9-10(8(7)2)6-11(13(16)17-3)15-12(9)14/h4-6H,1-3H3. The SMILES string of the molecule is COC(=O)c1cc2c(C)c(C)ccc2c(Cl)n1. The van der Waals surface area contributed by atoms with Gasteiger partial charge in [0.2, 0.25) is 0 Å². The molecule has 0 aliphatic heterocycles. The molecule has 0 aliphatic carbocycles. The fraction of sp³-hybridized carbons (Fsp3) is 0.231. The molecule has 1 aromatic heterocycles. The van der Waals surface area contributed by atoms with Crippen molar-refractivity contribution < 1.29 is 9.53 Å². The molecule has 0 aliphatic rings. The second-order valence-electron chi connectivity index (χ2n) is 3.89. The Kier molecular flexibility index (Phi) is 3.03. The van der Waals surface area contributed by atoms with Gasteiger partial charge in [-0.1, -0.05) is 23.7 Å². The number of carbonyl (C=O) groups is 1. The Morgan fingerprint density at radius 3 is 2.65 bits per heavy atom. The summed E-state index contributed by atoms with van der Waals surface area (Å²) in [6, 6.07) is 5.62. The molecule has 0 saturated carbocycles. The highest BCUT2D eigenvalue weighted by Gasteiger charge is 2.13. The number of hydrogen-bond acceptors (Lipinski definition) is 3. The van der Waals surface area contributed by atoms with Gasteiger partial charge in [-0.3, -0.25) is 0 Å². The molecule has 2 aromatic rings. The number of rotatable bonds is 1. The smallest absolute Gasteiger partial charge is 0.356 e. The maximum atomic E-state index is 11.5. The predicted molar refractivity (Wildman–Crippen MR) is 67.6 cm³/mol. The van der Waals surface area contributed by atoms with E-state index in [0.29, 0.717) is 5.15 Å². The van der Waals surface area contributed by atoms with Crippen LogP contribution in [0.3, 0.4) is 0 Å². The molecule has 1 heterocycles. The topological polar surface area (TPSA) is 39.2 Å². The first-order chi connectivity index (χ1) is 8.04. The molecule has 0 spiro atoms. The van der Waals surface area contributed by atoms with Crippen molar-refractivity contribution in [3.8, 4) is 0 Å². The van der Waals surface area contributed by atoms with E-state index in [4.69, 9.17) is 11.6 Å². The molecule has 0 unspecified atom stereocenters. The zero-order valence-electron chi connectivity index (χ0n) is 9.87. The van der Waals surface area contributed by atoms with Crippen LogP contribution < -0.4 is 0 Å². The van der Waals surface area contributed by atoms with Crippen LogP contribution in [0.15, 0.2) is 18.2 Å². The molecule has 0 fully saturated rings. The number of carbonyl (C=O) groups excluding carboxylic acids is 1. The largest absolute Gasteiger partial charge is 0.464 e. The lowest BCUT2D eigenvalue weighted by atomic mass is 10.0. The van der Waals surface area contributed by atoms with Crippen LogP contribution in [0.4, 0.5) is 0 Å². The van der Waals surface area contributed by atoms with Gasteiger partial charge in [-0.15, -0.1) is 0 Å². The Labute approximate surface area is 104 Å². The van der Waals surface area contributed by atoms with E-state index in [9.17, 15) is 4.79 Å². The zero-order chi connectivity index (χ0) is 12.6. The first-order valence-corrected chi connectivity index (χ1v) is 5.57. The van der Waals surface area contributed by atoms with Gasteiger partial charge < -0.3 is 4.74 Å². The van der Waals surface area contributed by atoms with Crippen LogP contribution >= 0.6 is 11.6 Å². The van der Waals surface area contributed by atoms with Gasteiger partial charge in [0.25, 0.3) is 0 Å². The average Bonchev–Trinajstić information content (AvgIpc) is 2.33. The summed E-state index contributed by atoms with van der Waals surface area (Å²) >= 11 is 6.07. The minimum absolute atomic E-state index is 0.235. The monoisotopic (exact) mass is 249 g/mol. The van der Waals surface area contributed by atoms with Gasteiger partial charge in [0.05, 0.1) is 7.11 Å². The van der Waals surface area contributed by atoms with Crippen molar-refractivity contribution in [2.24, 2.45) is 0 Å². The normalized spacial score (nSPS) is 10.6. The third kappa shape index (κ3) is 1.98. The quantitative estimate of drug-likeness (QED) is 0.575. The second-order valence-corrected chi connectivity index (χ2v) is 4.25. The van der Waals surface area contributed by atoms with E-state index in [1.54, 1.807) is 6.07 Å². The van der Waals surface area contributed by atoms with E-state index in [1.807, 2.05) is 26.0 Å². The number of benzene rings is 1. The average molecular weight is 250 g/mol. The lowest BCUT2D eigenvalue weighted by molar-refractivity contribution is 0.0594. The number of pyridine rings is 1. The van der Waals surface area contributed by atoms with Crippen LogP contribution in [0, 0.1) is 13.8 Å². The molecule has 88 valence electrons. The minimum Gasteiger partial charge on any atom is -0.464 e. The summed E-state index contributed by atoms with van der Waals surface area (Å²) in [5.74, 6) is -0.477. The van der Waals surface area contributed by atoms with E-state index in [0.717, 1.165) is 21.9 Å². The number of nitrogens with zero attached hydrogens (tertiary/aromatic N) is 1. The molecule has 0 N–H and O–H groups in total. The maximum Gasteiger partial charge on any atom is 0.356 e. The van der Waals surface area contributed by atoms with E-state index in [1.165, 1.54) is 7.11 Å². The molecular weight excluding hydrogens is 238 g/mol. The number of hydrogen-bond donors (Lipinski definition) is 0. The van der Waals surface area contributed by atoms with Gasteiger partial charge in [0, 0.05) is 5.39 Å². The summed E-state index contributed by atoms with van der Waals surface area (Å²) in [7, 11) is 1.32. The summed E-state index contributed by atoms with van der Waals surface area (Å²) in [6.07, 6.45) is 0. The molecule has 2 rings (SSSR count). The van der Waals surface area contributed by atoms with Gasteiger partial charge in [-0.2, -0.15) is 0 Å². The van der Waals surface area contributed by atoms with E-state index in [2.05, 4.69) is 9.72 Å². The first-order valence-electron chi connectivity index (χ1n) is 5.19. The highest BCUT2D eigenvalue weighted by molar-refractivity contribution is 6.34. The Morgan fingerprint density at radius 1 is 1.29 bits per heavy atom. The summed E-state index contributed by atoms with van der Waals surface area (Å²) in [5.41, 5.74) is 2.48. The molecule has 0 saturated heterocycles. The van der Waals surface area contributed by atoms with Crippen LogP contribution in [0.25, 0.3) is 10.8 Å².